The van der Waals surface area contributed by atoms with Gasteiger partial charge in [0.05, 0.1) is 24.8 Å². The van der Waals surface area contributed by atoms with Gasteiger partial charge in [-0.2, -0.15) is 0 Å². The molecule has 0 aromatic heterocycles. The van der Waals surface area contributed by atoms with Crippen molar-refractivity contribution in [1.29, 1.82) is 0 Å². The van der Waals surface area contributed by atoms with E-state index in [1.165, 1.54) is 0 Å². The molecule has 2 unspecified atom stereocenters. The monoisotopic (exact) mass is 376 g/mol. The molecular weight excluding hydrogens is 364 g/mol. The zero-order chi connectivity index (χ0) is 13.1. The predicted molar refractivity (Wildman–Crippen MR) is 77.6 cm³/mol. The van der Waals surface area contributed by atoms with Gasteiger partial charge in [0.25, 0.3) is 0 Å². The van der Waals surface area contributed by atoms with Gasteiger partial charge in [-0.15, -0.1) is 0 Å². The molecule has 2 atom stereocenters. The highest BCUT2D eigenvalue weighted by atomic mass is 79.9. The van der Waals surface area contributed by atoms with E-state index >= 15 is 0 Å². The third-order valence-corrected chi connectivity index (χ3v) is 4.13. The minimum absolute atomic E-state index is 0.0186. The van der Waals surface area contributed by atoms with E-state index in [4.69, 9.17) is 4.74 Å². The molecule has 1 heterocycles. The summed E-state index contributed by atoms with van der Waals surface area (Å²) in [6.07, 6.45) is 0. The van der Waals surface area contributed by atoms with Crippen molar-refractivity contribution in [3.63, 3.8) is 0 Å². The number of hydrogen-bond donors (Lipinski definition) is 2. The Kier molecular flexibility index (Phi) is 4.77. The molecular formula is C12H14Br2N2O2. The lowest BCUT2D eigenvalue weighted by Gasteiger charge is -2.17. The van der Waals surface area contributed by atoms with Crippen molar-refractivity contribution in [1.82, 2.24) is 5.32 Å². The van der Waals surface area contributed by atoms with Crippen LogP contribution in [0.4, 0.5) is 5.69 Å². The van der Waals surface area contributed by atoms with Gasteiger partial charge in [-0.3, -0.25) is 4.79 Å². The number of halogens is 2. The van der Waals surface area contributed by atoms with Crippen LogP contribution in [0.1, 0.15) is 0 Å². The minimum Gasteiger partial charge on any atom is -0.379 e. The van der Waals surface area contributed by atoms with E-state index in [1.807, 2.05) is 25.2 Å². The fraction of sp³-hybridized carbons (Fsp3) is 0.417. The van der Waals surface area contributed by atoms with Crippen molar-refractivity contribution in [3.05, 3.63) is 27.1 Å². The normalized spacial score (nSPS) is 23.1. The zero-order valence-corrected chi connectivity index (χ0v) is 13.0. The summed E-state index contributed by atoms with van der Waals surface area (Å²) in [5.41, 5.74) is 0.768. The summed E-state index contributed by atoms with van der Waals surface area (Å²) in [6, 6.07) is 5.73. The zero-order valence-electron chi connectivity index (χ0n) is 9.87. The summed E-state index contributed by atoms with van der Waals surface area (Å²) in [5.74, 6) is -0.166. The molecule has 4 nitrogen and oxygen atoms in total. The fourth-order valence-electron chi connectivity index (χ4n) is 1.91. The molecule has 1 amide bonds. The summed E-state index contributed by atoms with van der Waals surface area (Å²) in [4.78, 5) is 12.2. The largest absolute Gasteiger partial charge is 0.379 e. The van der Waals surface area contributed by atoms with E-state index in [2.05, 4.69) is 42.5 Å². The van der Waals surface area contributed by atoms with Crippen LogP contribution in [0.2, 0.25) is 0 Å². The predicted octanol–water partition coefficient (Wildman–Crippen LogP) is 2.38. The molecule has 0 bridgehead atoms. The highest BCUT2D eigenvalue weighted by molar-refractivity contribution is 9.11. The van der Waals surface area contributed by atoms with Crippen molar-refractivity contribution in [2.75, 3.05) is 25.6 Å². The van der Waals surface area contributed by atoms with Crippen molar-refractivity contribution in [2.45, 2.75) is 6.04 Å². The Hall–Kier alpha value is -0.430. The maximum absolute atomic E-state index is 12.2. The topological polar surface area (TPSA) is 50.4 Å². The molecule has 2 rings (SSSR count). The molecule has 0 aliphatic carbocycles. The maximum atomic E-state index is 12.2. The number of benzene rings is 1. The molecule has 1 aliphatic heterocycles. The Morgan fingerprint density at radius 2 is 2.17 bits per heavy atom. The van der Waals surface area contributed by atoms with Crippen LogP contribution in [-0.4, -0.2) is 32.2 Å². The number of carbonyl (C=O) groups is 1. The first-order valence-corrected chi connectivity index (χ1v) is 7.21. The Bertz CT molecular complexity index is 454. The van der Waals surface area contributed by atoms with Crippen molar-refractivity contribution in [2.24, 2.45) is 5.92 Å². The van der Waals surface area contributed by atoms with E-state index in [9.17, 15) is 4.79 Å². The van der Waals surface area contributed by atoms with Crippen molar-refractivity contribution < 1.29 is 9.53 Å². The Morgan fingerprint density at radius 1 is 1.39 bits per heavy atom. The second-order valence-electron chi connectivity index (χ2n) is 4.15. The fourth-order valence-corrected chi connectivity index (χ4v) is 3.06. The maximum Gasteiger partial charge on any atom is 0.231 e. The number of amides is 1. The number of ether oxygens (including phenoxy) is 1. The Morgan fingerprint density at radius 3 is 2.83 bits per heavy atom. The van der Waals surface area contributed by atoms with Crippen LogP contribution >= 0.6 is 31.9 Å². The summed E-state index contributed by atoms with van der Waals surface area (Å²) in [5, 5.41) is 6.02. The van der Waals surface area contributed by atoms with E-state index < -0.39 is 0 Å². The molecule has 1 aromatic rings. The number of likely N-dealkylation sites (N-methyl/N-ethyl adjacent to an activating group) is 1. The number of anilines is 1. The quantitative estimate of drug-likeness (QED) is 0.850. The van der Waals surface area contributed by atoms with Gasteiger partial charge in [0.15, 0.2) is 0 Å². The second kappa shape index (κ2) is 6.14. The van der Waals surface area contributed by atoms with Crippen LogP contribution in [0.3, 0.4) is 0 Å². The summed E-state index contributed by atoms with van der Waals surface area (Å²) in [6.45, 7) is 1.04. The molecule has 2 N–H and O–H groups in total. The van der Waals surface area contributed by atoms with Crippen LogP contribution in [0.15, 0.2) is 27.1 Å². The molecule has 0 spiro atoms. The minimum atomic E-state index is -0.148. The van der Waals surface area contributed by atoms with E-state index in [-0.39, 0.29) is 17.9 Å². The Balaban J connectivity index is 2.07. The van der Waals surface area contributed by atoms with Gasteiger partial charge in [-0.25, -0.2) is 0 Å². The highest BCUT2D eigenvalue weighted by Crippen LogP contribution is 2.27. The highest BCUT2D eigenvalue weighted by Gasteiger charge is 2.33. The summed E-state index contributed by atoms with van der Waals surface area (Å²) >= 11 is 6.80. The third kappa shape index (κ3) is 3.12. The lowest BCUT2D eigenvalue weighted by atomic mass is 10.0. The number of hydrogen-bond acceptors (Lipinski definition) is 3. The molecule has 1 aliphatic rings. The van der Waals surface area contributed by atoms with Gasteiger partial charge in [0.2, 0.25) is 5.91 Å². The smallest absolute Gasteiger partial charge is 0.231 e. The summed E-state index contributed by atoms with van der Waals surface area (Å²) < 4.78 is 7.14. The molecule has 0 radical (unpaired) electrons. The van der Waals surface area contributed by atoms with Gasteiger partial charge in [0, 0.05) is 15.0 Å². The first-order valence-electron chi connectivity index (χ1n) is 5.62. The molecule has 1 aromatic carbocycles. The van der Waals surface area contributed by atoms with Gasteiger partial charge in [-0.05, 0) is 41.2 Å². The SMILES string of the molecule is CNC1COCC1C(=O)Nc1ccc(Br)cc1Br. The van der Waals surface area contributed by atoms with E-state index in [0.29, 0.717) is 13.2 Å². The van der Waals surface area contributed by atoms with Gasteiger partial charge in [0.1, 0.15) is 0 Å². The van der Waals surface area contributed by atoms with Gasteiger partial charge >= 0.3 is 0 Å². The summed E-state index contributed by atoms with van der Waals surface area (Å²) in [7, 11) is 1.84. The van der Waals surface area contributed by atoms with Crippen LogP contribution in [-0.2, 0) is 9.53 Å². The third-order valence-electron chi connectivity index (χ3n) is 2.98. The molecule has 1 fully saturated rings. The molecule has 1 saturated heterocycles. The average molecular weight is 378 g/mol. The van der Waals surface area contributed by atoms with Gasteiger partial charge < -0.3 is 15.4 Å². The van der Waals surface area contributed by atoms with Gasteiger partial charge in [-0.1, -0.05) is 15.9 Å². The van der Waals surface area contributed by atoms with E-state index in [1.54, 1.807) is 0 Å². The average Bonchev–Trinajstić information content (AvgIpc) is 2.81. The molecule has 98 valence electrons. The number of nitrogens with one attached hydrogen (secondary N) is 2. The lowest BCUT2D eigenvalue weighted by Crippen LogP contribution is -2.39. The van der Waals surface area contributed by atoms with Crippen LogP contribution in [0.5, 0.6) is 0 Å². The van der Waals surface area contributed by atoms with Crippen molar-refractivity contribution >= 4 is 43.5 Å². The molecule has 18 heavy (non-hydrogen) atoms. The van der Waals surface area contributed by atoms with Crippen LogP contribution < -0.4 is 10.6 Å². The Labute approximate surface area is 123 Å². The number of carbonyl (C=O) groups excluding carboxylic acids is 1. The van der Waals surface area contributed by atoms with Crippen molar-refractivity contribution in [3.8, 4) is 0 Å². The van der Waals surface area contributed by atoms with Crippen LogP contribution in [0, 0.1) is 5.92 Å². The first-order chi connectivity index (χ1) is 8.61. The molecule has 6 heteroatoms. The standard InChI is InChI=1S/C12H14Br2N2O2/c1-15-11-6-18-5-8(11)12(17)16-10-3-2-7(13)4-9(10)14/h2-4,8,11,15H,5-6H2,1H3,(H,16,17). The number of rotatable bonds is 3. The lowest BCUT2D eigenvalue weighted by molar-refractivity contribution is -0.120. The van der Waals surface area contributed by atoms with E-state index in [0.717, 1.165) is 14.6 Å². The second-order valence-corrected chi connectivity index (χ2v) is 5.92. The molecule has 0 saturated carbocycles. The first kappa shape index (κ1) is 14.0. The van der Waals surface area contributed by atoms with Crippen LogP contribution in [0.25, 0.3) is 0 Å².